The van der Waals surface area contributed by atoms with Gasteiger partial charge in [-0.1, -0.05) is 6.92 Å². The van der Waals surface area contributed by atoms with Gasteiger partial charge in [-0.15, -0.1) is 0 Å². The minimum Gasteiger partial charge on any atom is -0.357 e. The summed E-state index contributed by atoms with van der Waals surface area (Å²) in [6, 6.07) is 0.0699. The number of hydrogen-bond acceptors (Lipinski definition) is 5. The van der Waals surface area contributed by atoms with Crippen LogP contribution in [0.2, 0.25) is 0 Å². The Labute approximate surface area is 154 Å². The van der Waals surface area contributed by atoms with E-state index >= 15 is 0 Å². The summed E-state index contributed by atoms with van der Waals surface area (Å²) in [4.78, 5) is 9.56. The van der Waals surface area contributed by atoms with Gasteiger partial charge in [-0.25, -0.2) is 8.42 Å². The van der Waals surface area contributed by atoms with Gasteiger partial charge in [0.05, 0.1) is 5.75 Å². The number of hydrogen-bond donors (Lipinski definition) is 2. The van der Waals surface area contributed by atoms with Crippen molar-refractivity contribution in [3.05, 3.63) is 0 Å². The lowest BCUT2D eigenvalue weighted by atomic mass is 10.1. The third-order valence-electron chi connectivity index (χ3n) is 4.38. The molecule has 148 valence electrons. The molecule has 1 fully saturated rings. The number of nitrogens with zero attached hydrogens (tertiary/aromatic N) is 3. The van der Waals surface area contributed by atoms with E-state index in [2.05, 4.69) is 39.4 Å². The van der Waals surface area contributed by atoms with Gasteiger partial charge in [0, 0.05) is 58.1 Å². The first-order valence-corrected chi connectivity index (χ1v) is 11.4. The van der Waals surface area contributed by atoms with Crippen LogP contribution >= 0.6 is 0 Å². The number of aliphatic imine (C=N–C) groups is 1. The van der Waals surface area contributed by atoms with Crippen molar-refractivity contribution in [1.29, 1.82) is 0 Å². The molecule has 0 spiro atoms. The molecular weight excluding hydrogens is 338 g/mol. The fourth-order valence-electron chi connectivity index (χ4n) is 2.79. The first kappa shape index (κ1) is 22.2. The van der Waals surface area contributed by atoms with Gasteiger partial charge in [-0.05, 0) is 33.2 Å². The van der Waals surface area contributed by atoms with Crippen LogP contribution in [0.1, 0.15) is 27.2 Å². The highest BCUT2D eigenvalue weighted by atomic mass is 32.2. The monoisotopic (exact) mass is 375 g/mol. The Morgan fingerprint density at radius 1 is 1.20 bits per heavy atom. The Balaban J connectivity index is 2.42. The van der Waals surface area contributed by atoms with Crippen molar-refractivity contribution in [3.63, 3.8) is 0 Å². The molecule has 0 aliphatic carbocycles. The van der Waals surface area contributed by atoms with Gasteiger partial charge in [0.2, 0.25) is 0 Å². The average molecular weight is 376 g/mol. The number of likely N-dealkylation sites (N-methyl/N-ethyl adjacent to an activating group) is 1. The second kappa shape index (κ2) is 11.0. The van der Waals surface area contributed by atoms with Crippen LogP contribution in [0.5, 0.6) is 0 Å². The maximum Gasteiger partial charge on any atom is 0.191 e. The lowest BCUT2D eigenvalue weighted by molar-refractivity contribution is 0.140. The van der Waals surface area contributed by atoms with E-state index in [0.717, 1.165) is 51.8 Å². The predicted octanol–water partition coefficient (Wildman–Crippen LogP) is 0.248. The Bertz CT molecular complexity index is 501. The van der Waals surface area contributed by atoms with Crippen molar-refractivity contribution < 1.29 is 8.42 Å². The maximum absolute atomic E-state index is 11.3. The molecule has 1 saturated heterocycles. The van der Waals surface area contributed by atoms with Crippen molar-refractivity contribution >= 4 is 15.8 Å². The highest BCUT2D eigenvalue weighted by Gasteiger charge is 2.16. The molecule has 25 heavy (non-hydrogen) atoms. The number of nitrogens with one attached hydrogen (secondary N) is 2. The number of guanidine groups is 1. The summed E-state index contributed by atoms with van der Waals surface area (Å²) in [6.07, 6.45) is 1.86. The SMILES string of the molecule is CCNC(=NCC(C)CN1CCN(C)CC1)NC(C)CCS(C)(=O)=O. The third kappa shape index (κ3) is 10.7. The van der Waals surface area contributed by atoms with Crippen LogP contribution < -0.4 is 10.6 Å². The molecule has 2 N–H and O–H groups in total. The minimum absolute atomic E-state index is 0.0699. The van der Waals surface area contributed by atoms with Gasteiger partial charge in [-0.3, -0.25) is 4.99 Å². The summed E-state index contributed by atoms with van der Waals surface area (Å²) in [5.74, 6) is 1.46. The molecule has 1 aliphatic rings. The number of sulfone groups is 1. The highest BCUT2D eigenvalue weighted by Crippen LogP contribution is 2.05. The zero-order valence-corrected chi connectivity index (χ0v) is 17.4. The normalized spacial score (nSPS) is 20.3. The largest absolute Gasteiger partial charge is 0.357 e. The Hall–Kier alpha value is -0.860. The smallest absolute Gasteiger partial charge is 0.191 e. The van der Waals surface area contributed by atoms with Gasteiger partial charge < -0.3 is 20.4 Å². The van der Waals surface area contributed by atoms with E-state index in [1.54, 1.807) is 0 Å². The van der Waals surface area contributed by atoms with Crippen LogP contribution in [0.15, 0.2) is 4.99 Å². The van der Waals surface area contributed by atoms with Crippen molar-refractivity contribution in [2.24, 2.45) is 10.9 Å². The molecule has 8 heteroatoms. The summed E-state index contributed by atoms with van der Waals surface area (Å²) in [5, 5.41) is 6.55. The molecule has 0 saturated carbocycles. The molecule has 1 aliphatic heterocycles. The fourth-order valence-corrected chi connectivity index (χ4v) is 3.57. The van der Waals surface area contributed by atoms with E-state index < -0.39 is 9.84 Å². The quantitative estimate of drug-likeness (QED) is 0.444. The van der Waals surface area contributed by atoms with E-state index in [1.807, 2.05) is 13.8 Å². The predicted molar refractivity (Wildman–Crippen MR) is 106 cm³/mol. The van der Waals surface area contributed by atoms with Crippen LogP contribution in [0.25, 0.3) is 0 Å². The van der Waals surface area contributed by atoms with Crippen molar-refractivity contribution in [2.75, 3.05) is 64.9 Å². The van der Waals surface area contributed by atoms with Crippen LogP contribution in [0, 0.1) is 5.92 Å². The molecule has 0 bridgehead atoms. The van der Waals surface area contributed by atoms with E-state index in [-0.39, 0.29) is 11.8 Å². The molecule has 1 rings (SSSR count). The van der Waals surface area contributed by atoms with Crippen molar-refractivity contribution in [3.8, 4) is 0 Å². The van der Waals surface area contributed by atoms with Crippen LogP contribution in [-0.4, -0.2) is 95.1 Å². The van der Waals surface area contributed by atoms with Crippen LogP contribution in [0.4, 0.5) is 0 Å². The van der Waals surface area contributed by atoms with E-state index in [9.17, 15) is 8.42 Å². The zero-order chi connectivity index (χ0) is 18.9. The Kier molecular flexibility index (Phi) is 9.74. The molecule has 7 nitrogen and oxygen atoms in total. The fraction of sp³-hybridized carbons (Fsp3) is 0.941. The molecular formula is C17H37N5O2S. The lowest BCUT2D eigenvalue weighted by Crippen LogP contribution is -2.46. The first-order chi connectivity index (χ1) is 11.7. The number of piperazine rings is 1. The summed E-state index contributed by atoms with van der Waals surface area (Å²) >= 11 is 0. The van der Waals surface area contributed by atoms with Gasteiger partial charge >= 0.3 is 0 Å². The maximum atomic E-state index is 11.3. The third-order valence-corrected chi connectivity index (χ3v) is 5.35. The molecule has 2 atom stereocenters. The van der Waals surface area contributed by atoms with Gasteiger partial charge in [0.1, 0.15) is 9.84 Å². The summed E-state index contributed by atoms with van der Waals surface area (Å²) in [5.41, 5.74) is 0. The Morgan fingerprint density at radius 3 is 2.40 bits per heavy atom. The molecule has 0 aromatic heterocycles. The van der Waals surface area contributed by atoms with E-state index in [0.29, 0.717) is 12.3 Å². The molecule has 0 aromatic carbocycles. The van der Waals surface area contributed by atoms with E-state index in [4.69, 9.17) is 0 Å². The molecule has 0 radical (unpaired) electrons. The molecule has 0 amide bonds. The Morgan fingerprint density at radius 2 is 1.84 bits per heavy atom. The summed E-state index contributed by atoms with van der Waals surface area (Å²) in [7, 11) is -0.752. The summed E-state index contributed by atoms with van der Waals surface area (Å²) < 4.78 is 22.6. The van der Waals surface area contributed by atoms with Gasteiger partial charge in [0.25, 0.3) is 0 Å². The molecule has 2 unspecified atom stereocenters. The first-order valence-electron chi connectivity index (χ1n) is 9.33. The zero-order valence-electron chi connectivity index (χ0n) is 16.6. The van der Waals surface area contributed by atoms with Crippen molar-refractivity contribution in [2.45, 2.75) is 33.2 Å². The second-order valence-corrected chi connectivity index (χ2v) is 9.65. The highest BCUT2D eigenvalue weighted by molar-refractivity contribution is 7.90. The van der Waals surface area contributed by atoms with Crippen molar-refractivity contribution in [1.82, 2.24) is 20.4 Å². The minimum atomic E-state index is -2.92. The molecule has 0 aromatic rings. The number of rotatable bonds is 9. The standard InChI is InChI=1S/C17H37N5O2S/c1-6-18-17(20-16(3)7-12-25(5,23)24)19-13-15(2)14-22-10-8-21(4)9-11-22/h15-16H,6-14H2,1-5H3,(H2,18,19,20). The van der Waals surface area contributed by atoms with Gasteiger partial charge in [-0.2, -0.15) is 0 Å². The van der Waals surface area contributed by atoms with E-state index in [1.165, 1.54) is 6.26 Å². The topological polar surface area (TPSA) is 77.0 Å². The van der Waals surface area contributed by atoms with Gasteiger partial charge in [0.15, 0.2) is 5.96 Å². The lowest BCUT2D eigenvalue weighted by Gasteiger charge is -2.33. The van der Waals surface area contributed by atoms with Crippen LogP contribution in [0.3, 0.4) is 0 Å². The summed E-state index contributed by atoms with van der Waals surface area (Å²) in [6.45, 7) is 13.4. The second-order valence-electron chi connectivity index (χ2n) is 7.39. The molecule has 1 heterocycles. The van der Waals surface area contributed by atoms with Crippen LogP contribution in [-0.2, 0) is 9.84 Å². The average Bonchev–Trinajstić information content (AvgIpc) is 2.52.